The van der Waals surface area contributed by atoms with Crippen molar-refractivity contribution >= 4 is 39.0 Å². The number of thiocarbonyl (C=S) groups is 1. The molecule has 0 amide bonds. The van der Waals surface area contributed by atoms with E-state index in [1.54, 1.807) is 24.3 Å². The molecular weight excluding hydrogens is 390 g/mol. The van der Waals surface area contributed by atoms with Gasteiger partial charge < -0.3 is 10.2 Å². The van der Waals surface area contributed by atoms with Crippen LogP contribution in [0.15, 0.2) is 29.2 Å². The zero-order chi connectivity index (χ0) is 18.3. The van der Waals surface area contributed by atoms with Gasteiger partial charge in [0.15, 0.2) is 5.11 Å². The first-order valence-corrected chi connectivity index (χ1v) is 11.5. The molecule has 1 saturated heterocycles. The molecule has 0 unspecified atom stereocenters. The Balaban J connectivity index is 1.33. The highest BCUT2D eigenvalue weighted by Gasteiger charge is 2.40. The molecule has 5 nitrogen and oxygen atoms in total. The van der Waals surface area contributed by atoms with Crippen LogP contribution in [-0.2, 0) is 10.0 Å². The molecule has 8 heteroatoms. The van der Waals surface area contributed by atoms with Gasteiger partial charge >= 0.3 is 0 Å². The maximum Gasteiger partial charge on any atom is 0.243 e. The normalized spacial score (nSPS) is 29.1. The van der Waals surface area contributed by atoms with Crippen molar-refractivity contribution in [2.24, 2.45) is 11.8 Å². The number of fused-ring (bicyclic) bond motifs is 2. The third kappa shape index (κ3) is 3.59. The van der Waals surface area contributed by atoms with Crippen LogP contribution < -0.4 is 5.32 Å². The highest BCUT2D eigenvalue weighted by molar-refractivity contribution is 7.89. The summed E-state index contributed by atoms with van der Waals surface area (Å²) in [6.07, 6.45) is 5.26. The molecule has 142 valence electrons. The molecule has 4 rings (SSSR count). The molecule has 1 aliphatic heterocycles. The molecule has 1 N–H and O–H groups in total. The number of sulfonamides is 1. The van der Waals surface area contributed by atoms with Crippen molar-refractivity contribution in [2.75, 3.05) is 26.2 Å². The second kappa shape index (κ2) is 7.26. The highest BCUT2D eigenvalue weighted by atomic mass is 35.5. The van der Waals surface area contributed by atoms with Gasteiger partial charge in [0.25, 0.3) is 0 Å². The molecule has 3 aliphatic rings. The Morgan fingerprint density at radius 1 is 1.08 bits per heavy atom. The van der Waals surface area contributed by atoms with Gasteiger partial charge in [0.2, 0.25) is 10.0 Å². The second-order valence-electron chi connectivity index (χ2n) is 7.58. The Kier molecular flexibility index (Phi) is 5.16. The van der Waals surface area contributed by atoms with Gasteiger partial charge in [-0.25, -0.2) is 8.42 Å². The Hall–Kier alpha value is -0.890. The molecule has 0 aromatic heterocycles. The van der Waals surface area contributed by atoms with Crippen LogP contribution in [0.1, 0.15) is 25.7 Å². The molecule has 2 aliphatic carbocycles. The lowest BCUT2D eigenvalue weighted by Crippen LogP contribution is -2.54. The van der Waals surface area contributed by atoms with E-state index in [0.29, 0.717) is 37.2 Å². The molecule has 3 atom stereocenters. The maximum absolute atomic E-state index is 12.8. The minimum absolute atomic E-state index is 0.290. The zero-order valence-corrected chi connectivity index (χ0v) is 17.0. The lowest BCUT2D eigenvalue weighted by molar-refractivity contribution is 0.258. The van der Waals surface area contributed by atoms with E-state index in [1.807, 2.05) is 0 Å². The summed E-state index contributed by atoms with van der Waals surface area (Å²) < 4.78 is 27.0. The summed E-state index contributed by atoms with van der Waals surface area (Å²) in [7, 11) is -3.47. The summed E-state index contributed by atoms with van der Waals surface area (Å²) in [5.41, 5.74) is 0. The minimum Gasteiger partial charge on any atom is -0.360 e. The number of hydrogen-bond acceptors (Lipinski definition) is 3. The molecular formula is C18H24ClN3O2S2. The first kappa shape index (κ1) is 18.5. The Labute approximate surface area is 165 Å². The van der Waals surface area contributed by atoms with Crippen LogP contribution in [-0.4, -0.2) is 55.0 Å². The summed E-state index contributed by atoms with van der Waals surface area (Å²) >= 11 is 11.5. The second-order valence-corrected chi connectivity index (χ2v) is 10.3. The minimum atomic E-state index is -3.47. The van der Waals surface area contributed by atoms with Gasteiger partial charge in [0.05, 0.1) is 4.90 Å². The number of piperazine rings is 1. The maximum atomic E-state index is 12.8. The van der Waals surface area contributed by atoms with Crippen LogP contribution in [0.4, 0.5) is 0 Å². The van der Waals surface area contributed by atoms with E-state index in [9.17, 15) is 8.42 Å². The fraction of sp³-hybridized carbons (Fsp3) is 0.611. The quantitative estimate of drug-likeness (QED) is 0.772. The van der Waals surface area contributed by atoms with Crippen LogP contribution in [0.2, 0.25) is 5.02 Å². The van der Waals surface area contributed by atoms with Gasteiger partial charge in [0.1, 0.15) is 0 Å². The van der Waals surface area contributed by atoms with Crippen LogP contribution >= 0.6 is 23.8 Å². The summed E-state index contributed by atoms with van der Waals surface area (Å²) in [5, 5.41) is 4.86. The number of benzene rings is 1. The predicted octanol–water partition coefficient (Wildman–Crippen LogP) is 2.71. The van der Waals surface area contributed by atoms with Crippen LogP contribution in [0.3, 0.4) is 0 Å². The predicted molar refractivity (Wildman–Crippen MR) is 107 cm³/mol. The third-order valence-electron chi connectivity index (χ3n) is 6.02. The monoisotopic (exact) mass is 413 g/mol. The van der Waals surface area contributed by atoms with E-state index in [4.69, 9.17) is 23.8 Å². The molecule has 26 heavy (non-hydrogen) atoms. The van der Waals surface area contributed by atoms with Gasteiger partial charge in [0, 0.05) is 37.2 Å². The van der Waals surface area contributed by atoms with Gasteiger partial charge in [-0.1, -0.05) is 18.0 Å². The fourth-order valence-electron chi connectivity index (χ4n) is 4.56. The average molecular weight is 414 g/mol. The van der Waals surface area contributed by atoms with Crippen molar-refractivity contribution in [1.29, 1.82) is 0 Å². The Morgan fingerprint density at radius 2 is 1.77 bits per heavy atom. The van der Waals surface area contributed by atoms with E-state index >= 15 is 0 Å². The smallest absolute Gasteiger partial charge is 0.243 e. The summed E-state index contributed by atoms with van der Waals surface area (Å²) in [6, 6.07) is 6.85. The van der Waals surface area contributed by atoms with Crippen molar-refractivity contribution in [3.8, 4) is 0 Å². The van der Waals surface area contributed by atoms with Crippen molar-refractivity contribution in [2.45, 2.75) is 36.6 Å². The Morgan fingerprint density at radius 3 is 2.35 bits per heavy atom. The van der Waals surface area contributed by atoms with E-state index in [-0.39, 0.29) is 4.90 Å². The molecule has 1 heterocycles. The van der Waals surface area contributed by atoms with Crippen LogP contribution in [0.25, 0.3) is 0 Å². The van der Waals surface area contributed by atoms with Gasteiger partial charge in [-0.2, -0.15) is 4.31 Å². The van der Waals surface area contributed by atoms with Gasteiger partial charge in [-0.05, 0) is 67.6 Å². The number of nitrogens with one attached hydrogen (secondary N) is 1. The van der Waals surface area contributed by atoms with Crippen LogP contribution in [0.5, 0.6) is 0 Å². The molecule has 0 spiro atoms. The van der Waals surface area contributed by atoms with E-state index in [2.05, 4.69) is 10.2 Å². The van der Waals surface area contributed by atoms with E-state index in [0.717, 1.165) is 16.9 Å². The third-order valence-corrected chi connectivity index (χ3v) is 8.57. The fourth-order valence-corrected chi connectivity index (χ4v) is 6.44. The average Bonchev–Trinajstić information content (AvgIpc) is 3.25. The molecule has 0 radical (unpaired) electrons. The molecule has 3 fully saturated rings. The number of halogens is 1. The number of hydrogen-bond donors (Lipinski definition) is 1. The largest absolute Gasteiger partial charge is 0.360 e. The summed E-state index contributed by atoms with van der Waals surface area (Å²) in [4.78, 5) is 2.40. The van der Waals surface area contributed by atoms with E-state index in [1.165, 1.54) is 30.0 Å². The first-order valence-electron chi connectivity index (χ1n) is 9.24. The van der Waals surface area contributed by atoms with Crippen molar-refractivity contribution < 1.29 is 8.42 Å². The topological polar surface area (TPSA) is 52.7 Å². The first-order chi connectivity index (χ1) is 12.4. The standard InChI is InChI=1S/C18H24ClN3O2S2/c19-15-3-5-16(6-4-15)26(23,24)22-9-7-21(8-10-22)18(25)20-17-12-13-1-2-14(17)11-13/h3-6,13-14,17H,1-2,7-12H2,(H,20,25)/t13-,14+,17-/m0/s1. The van der Waals surface area contributed by atoms with Gasteiger partial charge in [-0.3, -0.25) is 0 Å². The highest BCUT2D eigenvalue weighted by Crippen LogP contribution is 2.44. The lowest BCUT2D eigenvalue weighted by atomic mass is 9.95. The van der Waals surface area contributed by atoms with Crippen molar-refractivity contribution in [3.05, 3.63) is 29.3 Å². The zero-order valence-electron chi connectivity index (χ0n) is 14.6. The molecule has 1 aromatic carbocycles. The molecule has 2 bridgehead atoms. The molecule has 2 saturated carbocycles. The number of nitrogens with zero attached hydrogens (tertiary/aromatic N) is 2. The SMILES string of the molecule is O=S(=O)(c1ccc(Cl)cc1)N1CCN(C(=S)N[C@H]2C[C@H]3CC[C@@H]2C3)CC1. The number of rotatable bonds is 3. The van der Waals surface area contributed by atoms with Gasteiger partial charge in [-0.15, -0.1) is 0 Å². The summed E-state index contributed by atoms with van der Waals surface area (Å²) in [5.74, 6) is 1.64. The Bertz CT molecular complexity index is 776. The van der Waals surface area contributed by atoms with Crippen molar-refractivity contribution in [1.82, 2.24) is 14.5 Å². The van der Waals surface area contributed by atoms with Crippen molar-refractivity contribution in [3.63, 3.8) is 0 Å². The molecule has 1 aromatic rings. The van der Waals surface area contributed by atoms with E-state index < -0.39 is 10.0 Å². The van der Waals surface area contributed by atoms with Crippen LogP contribution in [0, 0.1) is 11.8 Å². The summed E-state index contributed by atoms with van der Waals surface area (Å²) in [6.45, 7) is 2.14. The lowest BCUT2D eigenvalue weighted by Gasteiger charge is -2.37.